The number of halogens is 2. The van der Waals surface area contributed by atoms with Crippen LogP contribution in [-0.4, -0.2) is 37.3 Å². The Morgan fingerprint density at radius 2 is 1.93 bits per heavy atom. The standard InChI is InChI=1S/C18H20FN3O4S.ClH/c1-2-13-6-8-14(9-7-13)16-12-20-10-11-21(16)27(25,26)17-5-3-4-15(19)18(17)22(23)24;/h3-9,16,20H,2,10-12H2,1H3;1H. The lowest BCUT2D eigenvalue weighted by molar-refractivity contribution is -0.390. The van der Waals surface area contributed by atoms with E-state index < -0.39 is 37.4 Å². The lowest BCUT2D eigenvalue weighted by Crippen LogP contribution is -2.48. The minimum absolute atomic E-state index is 0. The van der Waals surface area contributed by atoms with E-state index in [-0.39, 0.29) is 19.0 Å². The zero-order valence-electron chi connectivity index (χ0n) is 15.2. The summed E-state index contributed by atoms with van der Waals surface area (Å²) in [4.78, 5) is 9.65. The molecule has 3 rings (SSSR count). The minimum Gasteiger partial charge on any atom is -0.313 e. The molecule has 1 unspecified atom stereocenters. The van der Waals surface area contributed by atoms with Gasteiger partial charge in [-0.2, -0.15) is 8.70 Å². The van der Waals surface area contributed by atoms with Gasteiger partial charge in [-0.1, -0.05) is 37.3 Å². The Balaban J connectivity index is 0.00000280. The smallest absolute Gasteiger partial charge is 0.313 e. The van der Waals surface area contributed by atoms with Crippen LogP contribution >= 0.6 is 12.4 Å². The van der Waals surface area contributed by atoms with Gasteiger partial charge >= 0.3 is 5.69 Å². The first-order valence-electron chi connectivity index (χ1n) is 8.60. The summed E-state index contributed by atoms with van der Waals surface area (Å²) in [6, 6.07) is 10.2. The van der Waals surface area contributed by atoms with E-state index in [1.807, 2.05) is 31.2 Å². The summed E-state index contributed by atoms with van der Waals surface area (Å²) in [7, 11) is -4.26. The second-order valence-corrected chi connectivity index (χ2v) is 8.13. The molecule has 1 aliphatic heterocycles. The maximum absolute atomic E-state index is 14.0. The lowest BCUT2D eigenvalue weighted by atomic mass is 10.0. The Hall–Kier alpha value is -2.07. The first-order valence-corrected chi connectivity index (χ1v) is 10.0. The number of nitro groups is 1. The van der Waals surface area contributed by atoms with Crippen LogP contribution in [0.25, 0.3) is 0 Å². The zero-order valence-corrected chi connectivity index (χ0v) is 16.8. The van der Waals surface area contributed by atoms with Gasteiger partial charge in [0.05, 0.1) is 11.0 Å². The SMILES string of the molecule is CCc1ccc(C2CNCCN2S(=O)(=O)c2cccc(F)c2[N+](=O)[O-])cc1.Cl. The average molecular weight is 430 g/mol. The number of rotatable bonds is 5. The monoisotopic (exact) mass is 429 g/mol. The van der Waals surface area contributed by atoms with Crippen molar-refractivity contribution < 1.29 is 17.7 Å². The van der Waals surface area contributed by atoms with Crippen molar-refractivity contribution in [3.63, 3.8) is 0 Å². The molecule has 0 amide bonds. The fraction of sp³-hybridized carbons (Fsp3) is 0.333. The molecule has 2 aromatic rings. The molecule has 10 heteroatoms. The molecule has 7 nitrogen and oxygen atoms in total. The number of para-hydroxylation sites is 1. The van der Waals surface area contributed by atoms with Gasteiger partial charge in [0.2, 0.25) is 5.82 Å². The van der Waals surface area contributed by atoms with Crippen LogP contribution in [0.3, 0.4) is 0 Å². The van der Waals surface area contributed by atoms with Crippen molar-refractivity contribution in [2.75, 3.05) is 19.6 Å². The Kier molecular flexibility index (Phi) is 7.11. The molecule has 0 spiro atoms. The van der Waals surface area contributed by atoms with E-state index in [1.165, 1.54) is 10.4 Å². The minimum atomic E-state index is -4.26. The number of aryl methyl sites for hydroxylation is 1. The molecular formula is C18H21ClFN3O4S. The number of piperazine rings is 1. The first kappa shape index (κ1) is 22.2. The first-order chi connectivity index (χ1) is 12.9. The topological polar surface area (TPSA) is 92.6 Å². The van der Waals surface area contributed by atoms with Gasteiger partial charge in [-0.05, 0) is 29.7 Å². The summed E-state index contributed by atoms with van der Waals surface area (Å²) < 4.78 is 41.6. The molecule has 2 aromatic carbocycles. The maximum Gasteiger partial charge on any atom is 0.324 e. The van der Waals surface area contributed by atoms with E-state index in [9.17, 15) is 22.9 Å². The third kappa shape index (κ3) is 4.17. The van der Waals surface area contributed by atoms with E-state index >= 15 is 0 Å². The van der Waals surface area contributed by atoms with Crippen LogP contribution in [0.1, 0.15) is 24.1 Å². The molecule has 0 bridgehead atoms. The van der Waals surface area contributed by atoms with Crippen molar-refractivity contribution in [2.24, 2.45) is 0 Å². The molecule has 0 radical (unpaired) electrons. The summed E-state index contributed by atoms with van der Waals surface area (Å²) in [6.45, 7) is 2.94. The van der Waals surface area contributed by atoms with E-state index in [0.29, 0.717) is 13.1 Å². The second kappa shape index (κ2) is 8.95. The number of hydrogen-bond donors (Lipinski definition) is 1. The lowest BCUT2D eigenvalue weighted by Gasteiger charge is -2.35. The van der Waals surface area contributed by atoms with Crippen molar-refractivity contribution in [3.05, 3.63) is 69.5 Å². The fourth-order valence-corrected chi connectivity index (χ4v) is 5.02. The summed E-state index contributed by atoms with van der Waals surface area (Å²) in [5, 5.41) is 14.4. The number of nitrogens with zero attached hydrogens (tertiary/aromatic N) is 2. The molecule has 28 heavy (non-hydrogen) atoms. The van der Waals surface area contributed by atoms with Gasteiger partial charge in [-0.15, -0.1) is 12.4 Å². The summed E-state index contributed by atoms with van der Waals surface area (Å²) in [5.41, 5.74) is 0.885. The highest BCUT2D eigenvalue weighted by atomic mass is 35.5. The quantitative estimate of drug-likeness (QED) is 0.582. The molecule has 1 aliphatic rings. The van der Waals surface area contributed by atoms with Crippen molar-refractivity contribution in [2.45, 2.75) is 24.3 Å². The third-order valence-corrected chi connectivity index (χ3v) is 6.63. The third-order valence-electron chi connectivity index (χ3n) is 4.69. The number of benzene rings is 2. The van der Waals surface area contributed by atoms with Crippen molar-refractivity contribution >= 4 is 28.1 Å². The molecule has 0 aromatic heterocycles. The van der Waals surface area contributed by atoms with Crippen LogP contribution in [0.15, 0.2) is 47.4 Å². The number of sulfonamides is 1. The summed E-state index contributed by atoms with van der Waals surface area (Å²) >= 11 is 0. The molecule has 152 valence electrons. The summed E-state index contributed by atoms with van der Waals surface area (Å²) in [5.74, 6) is -1.17. The van der Waals surface area contributed by atoms with Crippen LogP contribution < -0.4 is 5.32 Å². The van der Waals surface area contributed by atoms with Crippen LogP contribution in [-0.2, 0) is 16.4 Å². The molecule has 1 atom stereocenters. The number of nitrogens with one attached hydrogen (secondary N) is 1. The normalized spacial score (nSPS) is 17.7. The van der Waals surface area contributed by atoms with Crippen molar-refractivity contribution in [1.29, 1.82) is 0 Å². The Labute approximate surface area is 169 Å². The second-order valence-electron chi connectivity index (χ2n) is 6.27. The van der Waals surface area contributed by atoms with Crippen LogP contribution in [0, 0.1) is 15.9 Å². The summed E-state index contributed by atoms with van der Waals surface area (Å²) in [6.07, 6.45) is 0.862. The van der Waals surface area contributed by atoms with Crippen molar-refractivity contribution in [3.8, 4) is 0 Å². The molecule has 0 aliphatic carbocycles. The predicted octanol–water partition coefficient (Wildman–Crippen LogP) is 3.05. The van der Waals surface area contributed by atoms with E-state index in [2.05, 4.69) is 5.32 Å². The van der Waals surface area contributed by atoms with Crippen molar-refractivity contribution in [1.82, 2.24) is 9.62 Å². The zero-order chi connectivity index (χ0) is 19.6. The van der Waals surface area contributed by atoms with Gasteiger partial charge in [0, 0.05) is 19.6 Å². The highest BCUT2D eigenvalue weighted by molar-refractivity contribution is 7.89. The van der Waals surface area contributed by atoms with Gasteiger partial charge in [0.15, 0.2) is 4.90 Å². The molecule has 1 heterocycles. The van der Waals surface area contributed by atoms with Crippen LogP contribution in [0.5, 0.6) is 0 Å². The highest BCUT2D eigenvalue weighted by Crippen LogP contribution is 2.34. The number of nitro benzene ring substituents is 1. The molecular weight excluding hydrogens is 409 g/mol. The van der Waals surface area contributed by atoms with E-state index in [1.54, 1.807) is 0 Å². The largest absolute Gasteiger partial charge is 0.324 e. The van der Waals surface area contributed by atoms with Crippen LogP contribution in [0.2, 0.25) is 0 Å². The Bertz CT molecular complexity index is 954. The van der Waals surface area contributed by atoms with E-state index in [0.717, 1.165) is 29.7 Å². The van der Waals surface area contributed by atoms with E-state index in [4.69, 9.17) is 0 Å². The van der Waals surface area contributed by atoms with Gasteiger partial charge in [0.25, 0.3) is 10.0 Å². The van der Waals surface area contributed by atoms with Gasteiger partial charge in [0.1, 0.15) is 0 Å². The average Bonchev–Trinajstić information content (AvgIpc) is 2.67. The molecule has 1 fully saturated rings. The Morgan fingerprint density at radius 3 is 2.54 bits per heavy atom. The Morgan fingerprint density at radius 1 is 1.25 bits per heavy atom. The molecule has 0 saturated carbocycles. The maximum atomic E-state index is 14.0. The highest BCUT2D eigenvalue weighted by Gasteiger charge is 2.39. The van der Waals surface area contributed by atoms with Gasteiger partial charge in [-0.25, -0.2) is 8.42 Å². The molecule has 1 N–H and O–H groups in total. The van der Waals surface area contributed by atoms with Gasteiger partial charge in [-0.3, -0.25) is 10.1 Å². The fourth-order valence-electron chi connectivity index (χ4n) is 3.24. The number of hydrogen-bond acceptors (Lipinski definition) is 5. The predicted molar refractivity (Wildman–Crippen MR) is 106 cm³/mol. The van der Waals surface area contributed by atoms with Gasteiger partial charge < -0.3 is 5.32 Å². The van der Waals surface area contributed by atoms with Crippen LogP contribution in [0.4, 0.5) is 10.1 Å². The molecule has 1 saturated heterocycles.